The second-order valence-electron chi connectivity index (χ2n) is 2.63. The summed E-state index contributed by atoms with van der Waals surface area (Å²) in [5.41, 5.74) is 0. The first kappa shape index (κ1) is 10.6. The number of carbonyl (C=O) groups excluding carboxylic acids is 1. The molecule has 0 bridgehead atoms. The molecule has 0 atom stereocenters. The third-order valence-electron chi connectivity index (χ3n) is 0.979. The fourth-order valence-corrected chi connectivity index (χ4v) is 0.568. The van der Waals surface area contributed by atoms with Gasteiger partial charge in [-0.25, -0.2) is 4.79 Å². The topological polar surface area (TPSA) is 38.3 Å². The van der Waals surface area contributed by atoms with E-state index < -0.39 is 0 Å². The average molecular weight is 177 g/mol. The van der Waals surface area contributed by atoms with Gasteiger partial charge in [0.15, 0.2) is 0 Å². The summed E-state index contributed by atoms with van der Waals surface area (Å²) < 4.78 is 4.72. The van der Waals surface area contributed by atoms with Crippen molar-refractivity contribution in [2.45, 2.75) is 13.8 Å². The average Bonchev–Trinajstić information content (AvgIpc) is 1.97. The Bertz CT molecular complexity index is 117. The van der Waals surface area contributed by atoms with Gasteiger partial charge in [-0.3, -0.25) is 0 Å². The minimum absolute atomic E-state index is 0.354. The number of ether oxygens (including phenoxy) is 1. The molecule has 0 aromatic carbocycles. The van der Waals surface area contributed by atoms with Crippen molar-refractivity contribution in [2.24, 2.45) is 5.92 Å². The van der Waals surface area contributed by atoms with Crippen molar-refractivity contribution in [3.8, 4) is 0 Å². The molecule has 66 valence electrons. The van der Waals surface area contributed by atoms with Crippen LogP contribution in [0.5, 0.6) is 0 Å². The zero-order chi connectivity index (χ0) is 8.69. The van der Waals surface area contributed by atoms with Crippen LogP contribution in [-0.2, 0) is 4.74 Å². The monoisotopic (exact) mass is 177 g/mol. The van der Waals surface area contributed by atoms with Gasteiger partial charge >= 0.3 is 6.09 Å². The van der Waals surface area contributed by atoms with Crippen molar-refractivity contribution in [3.05, 3.63) is 0 Å². The molecule has 0 saturated carbocycles. The molecule has 0 aromatic rings. The van der Waals surface area contributed by atoms with Gasteiger partial charge in [0.05, 0.1) is 0 Å². The van der Waals surface area contributed by atoms with E-state index in [1.165, 1.54) is 0 Å². The molecule has 0 unspecified atom stereocenters. The van der Waals surface area contributed by atoms with Gasteiger partial charge in [0.1, 0.15) is 6.61 Å². The molecule has 11 heavy (non-hydrogen) atoms. The lowest BCUT2D eigenvalue weighted by molar-refractivity contribution is 0.152. The number of carbonyl (C=O) groups is 1. The molecule has 0 spiro atoms. The van der Waals surface area contributed by atoms with Crippen LogP contribution in [0.1, 0.15) is 13.8 Å². The number of hydrogen-bond donors (Lipinski definition) is 2. The van der Waals surface area contributed by atoms with Gasteiger partial charge in [0, 0.05) is 12.3 Å². The van der Waals surface area contributed by atoms with Crippen molar-refractivity contribution in [1.82, 2.24) is 5.32 Å². The van der Waals surface area contributed by atoms with Crippen LogP contribution < -0.4 is 5.32 Å². The zero-order valence-electron chi connectivity index (χ0n) is 6.96. The van der Waals surface area contributed by atoms with Gasteiger partial charge in [-0.05, 0) is 5.92 Å². The highest BCUT2D eigenvalue weighted by Gasteiger charge is 2.00. The SMILES string of the molecule is CC(C)CNC(=O)OCCS. The van der Waals surface area contributed by atoms with Crippen molar-refractivity contribution >= 4 is 18.7 Å². The number of hydrogen-bond acceptors (Lipinski definition) is 3. The summed E-state index contributed by atoms with van der Waals surface area (Å²) >= 11 is 3.90. The molecular weight excluding hydrogens is 162 g/mol. The van der Waals surface area contributed by atoms with Crippen molar-refractivity contribution in [1.29, 1.82) is 0 Å². The fraction of sp³-hybridized carbons (Fsp3) is 0.857. The second kappa shape index (κ2) is 6.34. The van der Waals surface area contributed by atoms with Gasteiger partial charge in [0.2, 0.25) is 0 Å². The number of amides is 1. The van der Waals surface area contributed by atoms with E-state index in [4.69, 9.17) is 4.74 Å². The van der Waals surface area contributed by atoms with E-state index in [0.29, 0.717) is 24.8 Å². The predicted molar refractivity (Wildman–Crippen MR) is 48.0 cm³/mol. The van der Waals surface area contributed by atoms with Crippen molar-refractivity contribution < 1.29 is 9.53 Å². The van der Waals surface area contributed by atoms with Gasteiger partial charge in [-0.15, -0.1) is 0 Å². The van der Waals surface area contributed by atoms with Gasteiger partial charge in [-0.1, -0.05) is 13.8 Å². The predicted octanol–water partition coefficient (Wildman–Crippen LogP) is 1.30. The quantitative estimate of drug-likeness (QED) is 0.635. The Hall–Kier alpha value is -0.380. The molecule has 4 heteroatoms. The van der Waals surface area contributed by atoms with Crippen molar-refractivity contribution in [2.75, 3.05) is 18.9 Å². The first-order valence-electron chi connectivity index (χ1n) is 3.68. The molecule has 0 radical (unpaired) electrons. The van der Waals surface area contributed by atoms with E-state index in [9.17, 15) is 4.79 Å². The van der Waals surface area contributed by atoms with Crippen LogP contribution in [0.2, 0.25) is 0 Å². The smallest absolute Gasteiger partial charge is 0.407 e. The number of thiol groups is 1. The Balaban J connectivity index is 3.23. The summed E-state index contributed by atoms with van der Waals surface area (Å²) in [6.45, 7) is 5.08. The van der Waals surface area contributed by atoms with E-state index in [2.05, 4.69) is 17.9 Å². The first-order valence-corrected chi connectivity index (χ1v) is 4.31. The summed E-state index contributed by atoms with van der Waals surface area (Å²) in [5, 5.41) is 2.62. The number of nitrogens with one attached hydrogen (secondary N) is 1. The fourth-order valence-electron chi connectivity index (χ4n) is 0.477. The largest absolute Gasteiger partial charge is 0.449 e. The van der Waals surface area contributed by atoms with E-state index in [1.807, 2.05) is 13.8 Å². The maximum Gasteiger partial charge on any atom is 0.407 e. The molecule has 0 aromatic heterocycles. The van der Waals surface area contributed by atoms with Crippen molar-refractivity contribution in [3.63, 3.8) is 0 Å². The molecular formula is C7H15NO2S. The summed E-state index contributed by atoms with van der Waals surface area (Å²) in [6, 6.07) is 0. The standard InChI is InChI=1S/C7H15NO2S/c1-6(2)5-8-7(9)10-3-4-11/h6,11H,3-5H2,1-2H3,(H,8,9). The Labute approximate surface area is 72.9 Å². The summed E-state index contributed by atoms with van der Waals surface area (Å²) in [4.78, 5) is 10.7. The lowest BCUT2D eigenvalue weighted by Crippen LogP contribution is -2.28. The minimum atomic E-state index is -0.354. The Morgan fingerprint density at radius 2 is 2.27 bits per heavy atom. The lowest BCUT2D eigenvalue weighted by atomic mass is 10.2. The highest BCUT2D eigenvalue weighted by molar-refractivity contribution is 7.80. The summed E-state index contributed by atoms with van der Waals surface area (Å²) in [5.74, 6) is 1.02. The van der Waals surface area contributed by atoms with Crippen LogP contribution in [0.15, 0.2) is 0 Å². The zero-order valence-corrected chi connectivity index (χ0v) is 7.86. The molecule has 1 N–H and O–H groups in total. The maximum absolute atomic E-state index is 10.7. The van der Waals surface area contributed by atoms with E-state index in [0.717, 1.165) is 0 Å². The molecule has 1 amide bonds. The van der Waals surface area contributed by atoms with Crippen LogP contribution in [0.4, 0.5) is 4.79 Å². The third-order valence-corrected chi connectivity index (χ3v) is 1.16. The van der Waals surface area contributed by atoms with Crippen LogP contribution >= 0.6 is 12.6 Å². The van der Waals surface area contributed by atoms with Crippen LogP contribution in [0.25, 0.3) is 0 Å². The molecule has 0 aliphatic heterocycles. The maximum atomic E-state index is 10.7. The number of rotatable bonds is 4. The molecule has 0 fully saturated rings. The van der Waals surface area contributed by atoms with Crippen LogP contribution in [-0.4, -0.2) is 25.0 Å². The minimum Gasteiger partial charge on any atom is -0.449 e. The lowest BCUT2D eigenvalue weighted by Gasteiger charge is -2.07. The number of alkyl carbamates (subject to hydrolysis) is 1. The highest BCUT2D eigenvalue weighted by Crippen LogP contribution is 1.88. The summed E-state index contributed by atoms with van der Waals surface area (Å²) in [7, 11) is 0. The van der Waals surface area contributed by atoms with E-state index in [1.54, 1.807) is 0 Å². The Morgan fingerprint density at radius 3 is 2.73 bits per heavy atom. The van der Waals surface area contributed by atoms with E-state index >= 15 is 0 Å². The highest BCUT2D eigenvalue weighted by atomic mass is 32.1. The molecule has 3 nitrogen and oxygen atoms in total. The van der Waals surface area contributed by atoms with E-state index in [-0.39, 0.29) is 6.09 Å². The molecule has 0 aliphatic rings. The Morgan fingerprint density at radius 1 is 1.64 bits per heavy atom. The first-order chi connectivity index (χ1) is 5.16. The normalized spacial score (nSPS) is 9.82. The molecule has 0 saturated heterocycles. The van der Waals surface area contributed by atoms with Gasteiger partial charge in [-0.2, -0.15) is 12.6 Å². The molecule has 0 aliphatic carbocycles. The molecule has 0 rings (SSSR count). The second-order valence-corrected chi connectivity index (χ2v) is 3.08. The Kier molecular flexibility index (Phi) is 6.12. The van der Waals surface area contributed by atoms with Crippen LogP contribution in [0.3, 0.4) is 0 Å². The van der Waals surface area contributed by atoms with Gasteiger partial charge < -0.3 is 10.1 Å². The summed E-state index contributed by atoms with van der Waals surface area (Å²) in [6.07, 6.45) is -0.354. The van der Waals surface area contributed by atoms with Crippen LogP contribution in [0, 0.1) is 5.92 Å². The third kappa shape index (κ3) is 7.52. The molecule has 0 heterocycles. The van der Waals surface area contributed by atoms with Gasteiger partial charge in [0.25, 0.3) is 0 Å².